The van der Waals surface area contributed by atoms with Crippen molar-refractivity contribution in [1.29, 1.82) is 0 Å². The van der Waals surface area contributed by atoms with Crippen LogP contribution in [0.15, 0.2) is 47.1 Å². The predicted molar refractivity (Wildman–Crippen MR) is 99.4 cm³/mol. The van der Waals surface area contributed by atoms with Gasteiger partial charge in [0, 0.05) is 13.0 Å². The summed E-state index contributed by atoms with van der Waals surface area (Å²) in [7, 11) is 0. The number of carbonyl (C=O) groups excluding carboxylic acids is 1. The summed E-state index contributed by atoms with van der Waals surface area (Å²) in [4.78, 5) is 14.6. The molecule has 0 aliphatic carbocycles. The van der Waals surface area contributed by atoms with E-state index in [4.69, 9.17) is 4.42 Å². The number of nitrogens with zero attached hydrogens (tertiary/aromatic N) is 1. The second-order valence-electron chi connectivity index (χ2n) is 6.92. The molecule has 1 atom stereocenters. The molecule has 1 fully saturated rings. The maximum atomic E-state index is 12.2. The van der Waals surface area contributed by atoms with Gasteiger partial charge >= 0.3 is 0 Å². The van der Waals surface area contributed by atoms with E-state index in [9.17, 15) is 4.79 Å². The molecule has 2 heterocycles. The second-order valence-corrected chi connectivity index (χ2v) is 6.92. The third-order valence-corrected chi connectivity index (χ3v) is 4.94. The van der Waals surface area contributed by atoms with Gasteiger partial charge in [-0.2, -0.15) is 0 Å². The summed E-state index contributed by atoms with van der Waals surface area (Å²) < 4.78 is 5.60. The van der Waals surface area contributed by atoms with E-state index in [1.54, 1.807) is 6.26 Å². The number of aryl methyl sites for hydroxylation is 2. The quantitative estimate of drug-likeness (QED) is 0.793. The minimum Gasteiger partial charge on any atom is -0.468 e. The summed E-state index contributed by atoms with van der Waals surface area (Å²) >= 11 is 0. The van der Waals surface area contributed by atoms with E-state index in [1.807, 2.05) is 12.1 Å². The third-order valence-electron chi connectivity index (χ3n) is 4.94. The Morgan fingerprint density at radius 1 is 1.20 bits per heavy atom. The molecule has 25 heavy (non-hydrogen) atoms. The fourth-order valence-electron chi connectivity index (χ4n) is 3.45. The van der Waals surface area contributed by atoms with Gasteiger partial charge in [-0.05, 0) is 63.4 Å². The minimum absolute atomic E-state index is 0.128. The summed E-state index contributed by atoms with van der Waals surface area (Å²) in [5.41, 5.74) is 2.57. The lowest BCUT2D eigenvalue weighted by molar-refractivity contribution is -0.121. The van der Waals surface area contributed by atoms with Gasteiger partial charge in [0.1, 0.15) is 5.76 Å². The first-order valence-corrected chi connectivity index (χ1v) is 9.32. The Balaban J connectivity index is 1.44. The number of carbonyl (C=O) groups is 1. The summed E-state index contributed by atoms with van der Waals surface area (Å²) in [5.74, 6) is 1.07. The van der Waals surface area contributed by atoms with Crippen LogP contribution >= 0.6 is 0 Å². The van der Waals surface area contributed by atoms with E-state index in [0.717, 1.165) is 31.7 Å². The molecule has 134 valence electrons. The molecule has 1 unspecified atom stereocenters. The van der Waals surface area contributed by atoms with Gasteiger partial charge in [0.2, 0.25) is 5.91 Å². The van der Waals surface area contributed by atoms with Gasteiger partial charge in [0.25, 0.3) is 0 Å². The molecular formula is C21H28N2O2. The minimum atomic E-state index is 0.128. The van der Waals surface area contributed by atoms with Gasteiger partial charge in [0.15, 0.2) is 0 Å². The molecule has 0 spiro atoms. The fraction of sp³-hybridized carbons (Fsp3) is 0.476. The Hall–Kier alpha value is -2.07. The van der Waals surface area contributed by atoms with Crippen LogP contribution in [0.4, 0.5) is 0 Å². The molecule has 0 bridgehead atoms. The molecule has 1 aliphatic rings. The smallest absolute Gasteiger partial charge is 0.220 e. The maximum absolute atomic E-state index is 12.2. The van der Waals surface area contributed by atoms with Crippen molar-refractivity contribution in [2.24, 2.45) is 0 Å². The number of amides is 1. The second kappa shape index (κ2) is 8.86. The van der Waals surface area contributed by atoms with Gasteiger partial charge < -0.3 is 9.73 Å². The number of furan rings is 1. The largest absolute Gasteiger partial charge is 0.468 e. The monoisotopic (exact) mass is 340 g/mol. The van der Waals surface area contributed by atoms with Crippen molar-refractivity contribution in [3.63, 3.8) is 0 Å². The molecule has 4 heteroatoms. The summed E-state index contributed by atoms with van der Waals surface area (Å²) in [5, 5.41) is 3.10. The maximum Gasteiger partial charge on any atom is 0.220 e. The molecule has 1 aromatic heterocycles. The lowest BCUT2D eigenvalue weighted by atomic mass is 10.1. The van der Waals surface area contributed by atoms with E-state index < -0.39 is 0 Å². The number of hydrogen-bond acceptors (Lipinski definition) is 3. The first kappa shape index (κ1) is 17.7. The number of hydrogen-bond donors (Lipinski definition) is 1. The zero-order valence-electron chi connectivity index (χ0n) is 15.0. The zero-order valence-corrected chi connectivity index (χ0v) is 15.0. The van der Waals surface area contributed by atoms with Crippen molar-refractivity contribution < 1.29 is 9.21 Å². The first-order chi connectivity index (χ1) is 12.2. The molecule has 1 N–H and O–H groups in total. The van der Waals surface area contributed by atoms with Gasteiger partial charge in [-0.3, -0.25) is 9.69 Å². The number of benzene rings is 1. The van der Waals surface area contributed by atoms with Crippen molar-refractivity contribution in [1.82, 2.24) is 10.2 Å². The number of likely N-dealkylation sites (tertiary alicyclic amines) is 1. The van der Waals surface area contributed by atoms with Crippen LogP contribution in [0, 0.1) is 6.92 Å². The van der Waals surface area contributed by atoms with Crippen LogP contribution < -0.4 is 5.32 Å². The highest BCUT2D eigenvalue weighted by atomic mass is 16.3. The van der Waals surface area contributed by atoms with Crippen LogP contribution in [-0.2, 0) is 11.2 Å². The van der Waals surface area contributed by atoms with E-state index >= 15 is 0 Å². The zero-order chi connectivity index (χ0) is 17.5. The van der Waals surface area contributed by atoms with E-state index in [0.29, 0.717) is 13.0 Å². The molecule has 2 aromatic rings. The molecule has 0 radical (unpaired) electrons. The highest BCUT2D eigenvalue weighted by Crippen LogP contribution is 2.24. The number of nitrogens with one attached hydrogen (secondary N) is 1. The summed E-state index contributed by atoms with van der Waals surface area (Å²) in [6.45, 7) is 4.87. The molecule has 4 nitrogen and oxygen atoms in total. The van der Waals surface area contributed by atoms with E-state index in [1.165, 1.54) is 24.0 Å². The van der Waals surface area contributed by atoms with Crippen LogP contribution in [0.25, 0.3) is 0 Å². The fourth-order valence-corrected chi connectivity index (χ4v) is 3.45. The van der Waals surface area contributed by atoms with Crippen molar-refractivity contribution in [2.75, 3.05) is 19.6 Å². The van der Waals surface area contributed by atoms with Crippen molar-refractivity contribution in [3.05, 3.63) is 59.5 Å². The first-order valence-electron chi connectivity index (χ1n) is 9.32. The third kappa shape index (κ3) is 5.20. The highest BCUT2D eigenvalue weighted by Gasteiger charge is 2.25. The van der Waals surface area contributed by atoms with Gasteiger partial charge in [-0.1, -0.05) is 29.8 Å². The van der Waals surface area contributed by atoms with Crippen molar-refractivity contribution in [2.45, 2.75) is 45.1 Å². The normalized spacial score (nSPS) is 16.0. The van der Waals surface area contributed by atoms with Crippen LogP contribution in [0.1, 0.15) is 48.6 Å². The summed E-state index contributed by atoms with van der Waals surface area (Å²) in [6, 6.07) is 12.6. The molecule has 1 aliphatic heterocycles. The van der Waals surface area contributed by atoms with Crippen LogP contribution in [0.5, 0.6) is 0 Å². The Morgan fingerprint density at radius 2 is 1.96 bits per heavy atom. The number of rotatable bonds is 8. The summed E-state index contributed by atoms with van der Waals surface area (Å²) in [6.07, 6.45) is 6.55. The standard InChI is InChI=1S/C21H28N2O2/c1-17-9-11-18(12-10-17)6-4-8-21(24)22-16-19(20-7-5-15-25-20)23-13-2-3-14-23/h5,7,9-12,15,19H,2-4,6,8,13-14,16H2,1H3,(H,22,24). The lowest BCUT2D eigenvalue weighted by Crippen LogP contribution is -2.36. The molecular weight excluding hydrogens is 312 g/mol. The highest BCUT2D eigenvalue weighted by molar-refractivity contribution is 5.75. The Kier molecular flexibility index (Phi) is 6.29. The molecule has 0 saturated carbocycles. The van der Waals surface area contributed by atoms with Gasteiger partial charge in [-0.15, -0.1) is 0 Å². The van der Waals surface area contributed by atoms with E-state index in [-0.39, 0.29) is 11.9 Å². The topological polar surface area (TPSA) is 45.5 Å². The average molecular weight is 340 g/mol. The van der Waals surface area contributed by atoms with Crippen molar-refractivity contribution in [3.8, 4) is 0 Å². The molecule has 3 rings (SSSR count). The van der Waals surface area contributed by atoms with Gasteiger partial charge in [0.05, 0.1) is 12.3 Å². The van der Waals surface area contributed by atoms with Crippen molar-refractivity contribution >= 4 is 5.91 Å². The Bertz CT molecular complexity index is 643. The van der Waals surface area contributed by atoms with E-state index in [2.05, 4.69) is 41.4 Å². The Labute approximate surface area is 150 Å². The van der Waals surface area contributed by atoms with Crippen LogP contribution in [0.3, 0.4) is 0 Å². The van der Waals surface area contributed by atoms with Crippen LogP contribution in [0.2, 0.25) is 0 Å². The average Bonchev–Trinajstić information content (AvgIpc) is 3.31. The van der Waals surface area contributed by atoms with Crippen LogP contribution in [-0.4, -0.2) is 30.4 Å². The predicted octanol–water partition coefficient (Wildman–Crippen LogP) is 3.86. The van der Waals surface area contributed by atoms with Gasteiger partial charge in [-0.25, -0.2) is 0 Å². The Morgan fingerprint density at radius 3 is 2.64 bits per heavy atom. The molecule has 1 saturated heterocycles. The molecule has 1 amide bonds. The molecule has 1 aromatic carbocycles. The lowest BCUT2D eigenvalue weighted by Gasteiger charge is -2.26. The SMILES string of the molecule is Cc1ccc(CCCC(=O)NCC(c2ccco2)N2CCCC2)cc1.